The first kappa shape index (κ1) is 10.3. The molecule has 0 spiro atoms. The second-order valence-corrected chi connectivity index (χ2v) is 3.98. The lowest BCUT2D eigenvalue weighted by molar-refractivity contribution is 0.454. The van der Waals surface area contributed by atoms with Gasteiger partial charge in [0.15, 0.2) is 4.32 Å². The molecule has 0 amide bonds. The average molecular weight is 196 g/mol. The van der Waals surface area contributed by atoms with Gasteiger partial charge in [-0.15, -0.1) is 0 Å². The summed E-state index contributed by atoms with van der Waals surface area (Å²) in [6.07, 6.45) is 0.937. The first-order chi connectivity index (χ1) is 4.72. The Balaban J connectivity index is 3.58. The molecule has 6 heteroatoms. The lowest BCUT2D eigenvalue weighted by Crippen LogP contribution is -2.34. The Morgan fingerprint density at radius 1 is 1.90 bits per heavy atom. The number of hydrogen-bond donors (Lipinski definition) is 1. The van der Waals surface area contributed by atoms with Crippen molar-refractivity contribution in [3.63, 3.8) is 0 Å². The van der Waals surface area contributed by atoms with Crippen molar-refractivity contribution < 1.29 is 4.57 Å². The van der Waals surface area contributed by atoms with Crippen LogP contribution >= 0.6 is 31.3 Å². The zero-order valence-electron chi connectivity index (χ0n) is 5.61. The van der Waals surface area contributed by atoms with Gasteiger partial charge in [-0.25, -0.2) is 5.84 Å². The molecule has 0 saturated heterocycles. The van der Waals surface area contributed by atoms with Crippen LogP contribution in [0.2, 0.25) is 0 Å². The van der Waals surface area contributed by atoms with Crippen molar-refractivity contribution in [2.45, 2.75) is 13.3 Å². The maximum Gasteiger partial charge on any atom is 0.234 e. The summed E-state index contributed by atoms with van der Waals surface area (Å²) in [4.78, 5) is 0. The topological polar surface area (TPSA) is 46.3 Å². The molecule has 0 atom stereocenters. The maximum atomic E-state index is 10.0. The van der Waals surface area contributed by atoms with E-state index in [0.717, 1.165) is 17.8 Å². The van der Waals surface area contributed by atoms with E-state index < -0.39 is 0 Å². The van der Waals surface area contributed by atoms with Gasteiger partial charge in [-0.3, -0.25) is 9.57 Å². The van der Waals surface area contributed by atoms with Crippen molar-refractivity contribution in [1.29, 1.82) is 0 Å². The molecule has 0 radical (unpaired) electrons. The molecule has 0 aliphatic heterocycles. The second kappa shape index (κ2) is 6.04. The standard InChI is InChI=1S/C4H9N2OPS2/c1-2-3-6(5)4(9)10-8-7/h2-3,5H2,1H3. The number of nitrogens with two attached hydrogens (primary N) is 1. The quantitative estimate of drug-likeness (QED) is 0.323. The summed E-state index contributed by atoms with van der Waals surface area (Å²) in [5.41, 5.74) is 0. The van der Waals surface area contributed by atoms with Gasteiger partial charge in [0.2, 0.25) is 7.66 Å². The van der Waals surface area contributed by atoms with Gasteiger partial charge in [-0.05, 0) is 6.42 Å². The molecule has 0 aromatic heterocycles. The molecule has 0 aliphatic carbocycles. The fourth-order valence-electron chi connectivity index (χ4n) is 0.417. The Kier molecular flexibility index (Phi) is 6.22. The molecule has 58 valence electrons. The van der Waals surface area contributed by atoms with Crippen LogP contribution < -0.4 is 5.84 Å². The van der Waals surface area contributed by atoms with E-state index in [2.05, 4.69) is 0 Å². The van der Waals surface area contributed by atoms with E-state index in [0.29, 0.717) is 10.9 Å². The summed E-state index contributed by atoms with van der Waals surface area (Å²) in [6.45, 7) is 2.71. The lowest BCUT2D eigenvalue weighted by atomic mass is 10.5. The van der Waals surface area contributed by atoms with Crippen molar-refractivity contribution in [3.05, 3.63) is 0 Å². The van der Waals surface area contributed by atoms with Crippen LogP contribution in [-0.4, -0.2) is 15.9 Å². The fourth-order valence-corrected chi connectivity index (χ4v) is 1.55. The first-order valence-electron chi connectivity index (χ1n) is 2.78. The van der Waals surface area contributed by atoms with E-state index >= 15 is 0 Å². The molecule has 0 aliphatic rings. The van der Waals surface area contributed by atoms with Crippen LogP contribution in [0.4, 0.5) is 0 Å². The lowest BCUT2D eigenvalue weighted by Gasteiger charge is -2.14. The molecule has 0 bridgehead atoms. The molecular formula is C4H9N2OPS2. The summed E-state index contributed by atoms with van der Waals surface area (Å²) < 4.78 is 10.5. The fraction of sp³-hybridized carbons (Fsp3) is 0.750. The second-order valence-electron chi connectivity index (χ2n) is 1.63. The summed E-state index contributed by atoms with van der Waals surface area (Å²) >= 11 is 5.83. The molecule has 3 nitrogen and oxygen atoms in total. The molecule has 0 unspecified atom stereocenters. The molecule has 0 fully saturated rings. The summed E-state index contributed by atoms with van der Waals surface area (Å²) in [7, 11) is -0.0466. The van der Waals surface area contributed by atoms with Crippen molar-refractivity contribution in [3.8, 4) is 0 Å². The van der Waals surface area contributed by atoms with Crippen LogP contribution in [0.25, 0.3) is 0 Å². The average Bonchev–Trinajstić information content (AvgIpc) is 1.89. The zero-order chi connectivity index (χ0) is 7.98. The van der Waals surface area contributed by atoms with Crippen LogP contribution in [0.5, 0.6) is 0 Å². The highest BCUT2D eigenvalue weighted by Crippen LogP contribution is 2.20. The van der Waals surface area contributed by atoms with E-state index in [4.69, 9.17) is 18.1 Å². The molecule has 10 heavy (non-hydrogen) atoms. The van der Waals surface area contributed by atoms with Gasteiger partial charge in [0.1, 0.15) is 0 Å². The van der Waals surface area contributed by atoms with Crippen molar-refractivity contribution >= 4 is 35.6 Å². The third kappa shape index (κ3) is 4.17. The minimum atomic E-state index is -0.0466. The van der Waals surface area contributed by atoms with Crippen LogP contribution in [-0.2, 0) is 4.57 Å². The Morgan fingerprint density at radius 2 is 2.50 bits per heavy atom. The van der Waals surface area contributed by atoms with Gasteiger partial charge < -0.3 is 0 Å². The summed E-state index contributed by atoms with van der Waals surface area (Å²) in [5.74, 6) is 5.44. The molecular weight excluding hydrogens is 187 g/mol. The van der Waals surface area contributed by atoms with Gasteiger partial charge in [0, 0.05) is 17.9 Å². The van der Waals surface area contributed by atoms with Crippen molar-refractivity contribution in [1.82, 2.24) is 5.01 Å². The SMILES string of the molecule is CCCN(N)C(=S)SP=O. The molecule has 0 saturated carbocycles. The minimum absolute atomic E-state index is 0.0466. The summed E-state index contributed by atoms with van der Waals surface area (Å²) in [5, 5.41) is 1.42. The highest BCUT2D eigenvalue weighted by molar-refractivity contribution is 8.57. The first-order valence-corrected chi connectivity index (χ1v) is 5.42. The molecule has 0 aromatic carbocycles. The van der Waals surface area contributed by atoms with E-state index in [1.165, 1.54) is 5.01 Å². The predicted molar refractivity (Wildman–Crippen MR) is 49.0 cm³/mol. The largest absolute Gasteiger partial charge is 0.295 e. The van der Waals surface area contributed by atoms with Gasteiger partial charge >= 0.3 is 0 Å². The molecule has 0 aromatic rings. The van der Waals surface area contributed by atoms with Crippen molar-refractivity contribution in [2.24, 2.45) is 5.84 Å². The minimum Gasteiger partial charge on any atom is -0.295 e. The number of rotatable bonds is 3. The predicted octanol–water partition coefficient (Wildman–Crippen LogP) is 1.80. The third-order valence-corrected chi connectivity index (χ3v) is 2.88. The smallest absolute Gasteiger partial charge is 0.234 e. The highest BCUT2D eigenvalue weighted by Gasteiger charge is 2.02. The van der Waals surface area contributed by atoms with Crippen molar-refractivity contribution in [2.75, 3.05) is 6.54 Å². The highest BCUT2D eigenvalue weighted by atomic mass is 32.7. The van der Waals surface area contributed by atoms with Crippen LogP contribution in [0.15, 0.2) is 0 Å². The number of hydrazine groups is 1. The van der Waals surface area contributed by atoms with E-state index in [1.807, 2.05) is 6.92 Å². The van der Waals surface area contributed by atoms with Gasteiger partial charge in [-0.1, -0.05) is 19.1 Å². The normalized spacial score (nSPS) is 9.80. The van der Waals surface area contributed by atoms with Gasteiger partial charge in [0.25, 0.3) is 0 Å². The van der Waals surface area contributed by atoms with Gasteiger partial charge in [0.05, 0.1) is 0 Å². The van der Waals surface area contributed by atoms with E-state index in [9.17, 15) is 4.57 Å². The monoisotopic (exact) mass is 196 g/mol. The molecule has 2 N–H and O–H groups in total. The van der Waals surface area contributed by atoms with Crippen LogP contribution in [0.1, 0.15) is 13.3 Å². The number of hydrogen-bond acceptors (Lipinski definition) is 4. The Hall–Kier alpha value is 0.300. The van der Waals surface area contributed by atoms with E-state index in [1.54, 1.807) is 0 Å². The van der Waals surface area contributed by atoms with Gasteiger partial charge in [-0.2, -0.15) is 0 Å². The molecule has 0 heterocycles. The molecule has 0 rings (SSSR count). The zero-order valence-corrected chi connectivity index (χ0v) is 8.14. The Morgan fingerprint density at radius 3 is 2.90 bits per heavy atom. The maximum absolute atomic E-state index is 10.0. The Labute approximate surface area is 71.3 Å². The number of nitrogens with zero attached hydrogens (tertiary/aromatic N) is 1. The van der Waals surface area contributed by atoms with Crippen LogP contribution in [0, 0.1) is 0 Å². The Bertz CT molecular complexity index is 132. The van der Waals surface area contributed by atoms with Crippen LogP contribution in [0.3, 0.4) is 0 Å². The third-order valence-electron chi connectivity index (χ3n) is 0.814. The summed E-state index contributed by atoms with van der Waals surface area (Å²) in [6, 6.07) is 0. The van der Waals surface area contributed by atoms with E-state index in [-0.39, 0.29) is 7.66 Å². The number of thiocarbonyl (C=S) groups is 1.